The zero-order chi connectivity index (χ0) is 64.2. The first-order chi connectivity index (χ1) is 44.2. The number of aromatic amines is 3. The van der Waals surface area contributed by atoms with Gasteiger partial charge in [-0.3, -0.25) is 28.8 Å². The zero-order valence-electron chi connectivity index (χ0n) is 51.2. The van der Waals surface area contributed by atoms with Crippen molar-refractivity contribution in [1.82, 2.24) is 30.9 Å². The Morgan fingerprint density at radius 2 is 0.604 bits per heavy atom. The Balaban J connectivity index is 0.921. The number of para-hydroxylation sites is 3. The van der Waals surface area contributed by atoms with E-state index in [-0.39, 0.29) is 19.3 Å². The first kappa shape index (κ1) is 66.0. The van der Waals surface area contributed by atoms with Crippen molar-refractivity contribution >= 4 is 85.2 Å². The normalized spacial score (nSPS) is 13.5. The Morgan fingerprint density at radius 3 is 0.868 bits per heavy atom. The van der Waals surface area contributed by atoms with E-state index in [9.17, 15) is 28.8 Å². The highest BCUT2D eigenvalue weighted by Crippen LogP contribution is 2.35. The maximum absolute atomic E-state index is 14.1. The van der Waals surface area contributed by atoms with E-state index in [1.54, 1.807) is 36.4 Å². The number of H-pyrrole nitrogens is 3. The van der Waals surface area contributed by atoms with Crippen LogP contribution in [0.25, 0.3) is 32.7 Å². The molecule has 3 heterocycles. The van der Waals surface area contributed by atoms with Gasteiger partial charge in [0, 0.05) is 74.3 Å². The summed E-state index contributed by atoms with van der Waals surface area (Å²) in [6.07, 6.45) is 11.1. The van der Waals surface area contributed by atoms with Gasteiger partial charge in [0.25, 0.3) is 0 Å². The van der Waals surface area contributed by atoms with Gasteiger partial charge < -0.3 is 81.3 Å². The van der Waals surface area contributed by atoms with Crippen LogP contribution in [0.2, 0.25) is 0 Å². The van der Waals surface area contributed by atoms with Crippen molar-refractivity contribution in [3.63, 3.8) is 0 Å². The number of carbonyl (C=O) groups excluding carboxylic acids is 6. The summed E-state index contributed by atoms with van der Waals surface area (Å²) in [7, 11) is 0. The van der Waals surface area contributed by atoms with Crippen molar-refractivity contribution in [3.05, 3.63) is 198 Å². The molecule has 0 spiro atoms. The maximum atomic E-state index is 14.1. The molecule has 3 aromatic heterocycles. The lowest BCUT2D eigenvalue weighted by atomic mass is 9.85. The summed E-state index contributed by atoms with van der Waals surface area (Å²) < 4.78 is 0. The van der Waals surface area contributed by atoms with Crippen molar-refractivity contribution < 1.29 is 28.8 Å². The average molecular weight is 1230 g/mol. The van der Waals surface area contributed by atoms with Crippen molar-refractivity contribution in [2.24, 2.45) is 34.4 Å². The van der Waals surface area contributed by atoms with E-state index in [1.165, 1.54) is 0 Å². The molecule has 0 saturated carbocycles. The molecule has 91 heavy (non-hydrogen) atoms. The topological polar surface area (TPSA) is 378 Å². The second-order valence-corrected chi connectivity index (χ2v) is 23.3. The molecular weight excluding hydrogens is 1150 g/mol. The Kier molecular flexibility index (Phi) is 23.4. The molecule has 21 nitrogen and oxygen atoms in total. The van der Waals surface area contributed by atoms with E-state index in [0.717, 1.165) is 66.1 Å². The summed E-state index contributed by atoms with van der Waals surface area (Å²) in [6.45, 7) is 1.29. The Hall–Kier alpha value is -9.48. The molecule has 6 atom stereocenters. The molecule has 0 aliphatic heterocycles. The van der Waals surface area contributed by atoms with Crippen LogP contribution < -0.4 is 66.3 Å². The molecule has 0 fully saturated rings. The molecule has 9 aromatic rings. The smallest absolute Gasteiger partial charge is 0.246 e. The molecule has 0 radical (unpaired) electrons. The fraction of sp³-hybridized carbons (Fsp3) is 0.314. The van der Waals surface area contributed by atoms with Crippen LogP contribution in [0.1, 0.15) is 97.1 Å². The molecule has 6 aromatic carbocycles. The molecule has 9 rings (SSSR count). The van der Waals surface area contributed by atoms with Crippen molar-refractivity contribution in [2.45, 2.75) is 119 Å². The quantitative estimate of drug-likeness (QED) is 0.0151. The van der Waals surface area contributed by atoms with Crippen LogP contribution in [-0.4, -0.2) is 106 Å². The molecule has 0 aliphatic rings. The van der Waals surface area contributed by atoms with Crippen LogP contribution in [-0.2, 0) is 48.0 Å². The molecule has 6 amide bonds. The number of carbonyl (C=O) groups is 6. The third-order valence-electron chi connectivity index (χ3n) is 16.6. The van der Waals surface area contributed by atoms with Crippen molar-refractivity contribution in [1.29, 1.82) is 0 Å². The van der Waals surface area contributed by atoms with E-state index in [1.807, 2.05) is 128 Å². The molecule has 0 bridgehead atoms. The molecule has 21 N–H and O–H groups in total. The summed E-state index contributed by atoms with van der Waals surface area (Å²) in [5, 5.41) is 20.7. The minimum Gasteiger partial charge on any atom is -0.361 e. The largest absolute Gasteiger partial charge is 0.361 e. The van der Waals surface area contributed by atoms with E-state index in [0.29, 0.717) is 94.5 Å². The first-order valence-electron chi connectivity index (χ1n) is 31.4. The molecule has 0 aliphatic carbocycles. The van der Waals surface area contributed by atoms with Gasteiger partial charge in [0.1, 0.15) is 18.1 Å². The summed E-state index contributed by atoms with van der Waals surface area (Å²) in [6, 6.07) is 40.1. The second-order valence-electron chi connectivity index (χ2n) is 23.3. The maximum Gasteiger partial charge on any atom is 0.246 e. The fourth-order valence-electron chi connectivity index (χ4n) is 11.6. The molecular formula is C70H85N15O6. The summed E-state index contributed by atoms with van der Waals surface area (Å²) in [5.74, 6) is -3.01. The summed E-state index contributed by atoms with van der Waals surface area (Å²) in [5.41, 5.74) is 46.4. The number of benzene rings is 6. The lowest BCUT2D eigenvalue weighted by molar-refractivity contribution is -0.127. The highest BCUT2D eigenvalue weighted by atomic mass is 16.2. The minimum atomic E-state index is -0.915. The number of anilines is 3. The monoisotopic (exact) mass is 1230 g/mol. The van der Waals surface area contributed by atoms with Crippen LogP contribution in [0, 0.1) is 0 Å². The predicted octanol–water partition coefficient (Wildman–Crippen LogP) is 6.68. The third kappa shape index (κ3) is 17.7. The number of rotatable bonds is 33. The van der Waals surface area contributed by atoms with Crippen LogP contribution in [0.3, 0.4) is 0 Å². The molecule has 21 heteroatoms. The Bertz CT molecular complexity index is 3480. The number of hydrogen-bond acceptors (Lipinski definition) is 12. The van der Waals surface area contributed by atoms with Gasteiger partial charge in [-0.15, -0.1) is 0 Å². The van der Waals surface area contributed by atoms with Gasteiger partial charge in [-0.1, -0.05) is 91.0 Å². The predicted molar refractivity (Wildman–Crippen MR) is 361 cm³/mol. The summed E-state index contributed by atoms with van der Waals surface area (Å²) in [4.78, 5) is 92.8. The third-order valence-corrected chi connectivity index (χ3v) is 16.6. The second kappa shape index (κ2) is 32.3. The molecule has 476 valence electrons. The Labute approximate surface area is 529 Å². The van der Waals surface area contributed by atoms with Gasteiger partial charge in [-0.25, -0.2) is 0 Å². The van der Waals surface area contributed by atoms with Gasteiger partial charge in [0.05, 0.1) is 18.1 Å². The van der Waals surface area contributed by atoms with Crippen LogP contribution in [0.5, 0.6) is 0 Å². The lowest BCUT2D eigenvalue weighted by Crippen LogP contribution is -2.50. The van der Waals surface area contributed by atoms with Gasteiger partial charge >= 0.3 is 0 Å². The highest BCUT2D eigenvalue weighted by Gasteiger charge is 2.29. The van der Waals surface area contributed by atoms with Crippen LogP contribution in [0.4, 0.5) is 17.1 Å². The minimum absolute atomic E-state index is 0.267. The van der Waals surface area contributed by atoms with Crippen LogP contribution >= 0.6 is 0 Å². The van der Waals surface area contributed by atoms with Crippen molar-refractivity contribution in [2.75, 3.05) is 35.6 Å². The number of hydrogen-bond donors (Lipinski definition) is 15. The van der Waals surface area contributed by atoms with E-state index < -0.39 is 77.6 Å². The average Bonchev–Trinajstić information content (AvgIpc) is 1.26. The number of fused-ring (bicyclic) bond motifs is 3. The molecule has 0 saturated heterocycles. The van der Waals surface area contributed by atoms with Gasteiger partial charge in [0.15, 0.2) is 0 Å². The van der Waals surface area contributed by atoms with Crippen molar-refractivity contribution in [3.8, 4) is 0 Å². The molecule has 0 unspecified atom stereocenters. The standard InChI is InChI=1S/C70H85N15O6/c71-34-10-7-19-61(83-65(86)55(74)37-46-40-77-58-16-4-1-13-52(46)58)68(89)80-49-28-22-43(23-29-49)64(44-24-30-50(31-25-44)81-69(90)62(20-8-11-35-72)84-66(87)56(75)38-47-41-78-59-17-5-2-14-53(47)59)45-26-32-51(33-27-45)82-70(91)63(21-9-12-36-73)85-67(88)57(76)39-48-42-79-60-18-6-3-15-54(48)60/h1-6,13-18,22-33,40-42,55-57,61-64,77-79H,7-12,19-21,34-39,71-76H2,(H,80,89)(H,81,90)(H,82,91)(H,83,86)(H,84,87)(H,85,88)/t55-,56-,57-,61-,62-,63-/m0/s1. The van der Waals surface area contributed by atoms with E-state index >= 15 is 0 Å². The van der Waals surface area contributed by atoms with Gasteiger partial charge in [-0.05, 0) is 185 Å². The van der Waals surface area contributed by atoms with Crippen LogP contribution in [0.15, 0.2) is 164 Å². The fourth-order valence-corrected chi connectivity index (χ4v) is 11.6. The number of unbranched alkanes of at least 4 members (excludes halogenated alkanes) is 3. The number of aromatic nitrogens is 3. The number of amides is 6. The van der Waals surface area contributed by atoms with E-state index in [4.69, 9.17) is 34.4 Å². The van der Waals surface area contributed by atoms with E-state index in [2.05, 4.69) is 46.9 Å². The van der Waals surface area contributed by atoms with Gasteiger partial charge in [0.2, 0.25) is 35.4 Å². The Morgan fingerprint density at radius 1 is 0.341 bits per heavy atom. The highest BCUT2D eigenvalue weighted by molar-refractivity contribution is 6.00. The van der Waals surface area contributed by atoms with Gasteiger partial charge in [-0.2, -0.15) is 0 Å². The first-order valence-corrected chi connectivity index (χ1v) is 31.4. The summed E-state index contributed by atoms with van der Waals surface area (Å²) >= 11 is 0. The SMILES string of the molecule is NCCCC[C@H](NC(=O)[C@@H](N)Cc1c[nH]c2ccccc12)C(=O)Nc1ccc(C(c2ccc(NC(=O)[C@H](CCCCN)NC(=O)[C@@H](N)Cc3c[nH]c4ccccc34)cc2)c2ccc(NC(=O)[C@H](CCCCN)NC(=O)[C@@H](N)Cc3c[nH]c4ccccc34)cc2)cc1. The zero-order valence-corrected chi connectivity index (χ0v) is 51.2. The number of nitrogens with two attached hydrogens (primary N) is 6. The lowest BCUT2D eigenvalue weighted by Gasteiger charge is -2.23. The number of nitrogens with one attached hydrogen (secondary N) is 9.